The topological polar surface area (TPSA) is 0 Å². The molecule has 0 nitrogen and oxygen atoms in total. The third-order valence-corrected chi connectivity index (χ3v) is 8.24. The smallest absolute Gasteiger partial charge is 0 e. The molecule has 0 unspecified atom stereocenters. The summed E-state index contributed by atoms with van der Waals surface area (Å²) in [7, 11) is 0. The van der Waals surface area contributed by atoms with Gasteiger partial charge < -0.3 is 27.8 Å². The molecule has 0 aromatic heterocycles. The second-order valence-electron chi connectivity index (χ2n) is 9.80. The van der Waals surface area contributed by atoms with Crippen LogP contribution in [0.3, 0.4) is 0 Å². The minimum Gasteiger partial charge on any atom is -0.731 e. The van der Waals surface area contributed by atoms with E-state index in [4.69, 9.17) is 0 Å². The predicted octanol–water partition coefficient (Wildman–Crippen LogP) is 9.88. The van der Waals surface area contributed by atoms with Crippen LogP contribution in [0.15, 0.2) is 60.7 Å². The average Bonchev–Trinajstić information content (AvgIpc) is 3.13. The monoisotopic (exact) mass is 564 g/mol. The molecule has 0 atom stereocenters. The van der Waals surface area contributed by atoms with E-state index in [2.05, 4.69) is 130 Å². The molecule has 0 aliphatic heterocycles. The molecule has 0 bridgehead atoms. The van der Waals surface area contributed by atoms with Crippen molar-refractivity contribution in [3.05, 3.63) is 116 Å². The normalized spacial score (nSPS) is 10.1. The predicted molar refractivity (Wildman–Crippen MR) is 153 cm³/mol. The zero-order valence-corrected chi connectivity index (χ0v) is 25.4. The maximum Gasteiger partial charge on any atom is 0 e. The molecule has 0 radical (unpaired) electrons. The van der Waals surface area contributed by atoms with Gasteiger partial charge in [-0.25, -0.2) is 34.6 Å². The van der Waals surface area contributed by atoms with Crippen molar-refractivity contribution in [1.29, 1.82) is 0 Å². The standard InChI is InChI=1S/C14H10.2C10H15.2Ni/c1-2-6-12-10-14-8-4-3-7-13(14)9-11(12)5-1;2*1-6-7(2)9(4)10(5)8(6)3;;/h1-10H;2*1-5H3;;/q;-5;-1;;. The third-order valence-electron chi connectivity index (χ3n) is 8.24. The number of hydrogen-bond donors (Lipinski definition) is 0. The van der Waals surface area contributed by atoms with Crippen LogP contribution in [0.5, 0.6) is 0 Å². The molecule has 0 fully saturated rings. The van der Waals surface area contributed by atoms with Gasteiger partial charge >= 0.3 is 0 Å². The molecule has 0 aliphatic rings. The molecule has 0 spiro atoms. The molecular formula is C34H40Ni2-6. The maximum atomic E-state index is 2.24. The Kier molecular flexibility index (Phi) is 11.9. The SMILES string of the molecule is C[c-]1[c-](C)[c-](C)[c-](C)[c-]1C.Cc1c(C)c(C)[c-](C)c1C.[Ni].[Ni].c1ccc2cc3ccccc3cc2c1. The Morgan fingerprint density at radius 3 is 0.806 bits per heavy atom. The van der Waals surface area contributed by atoms with Crippen LogP contribution in [0.25, 0.3) is 21.5 Å². The van der Waals surface area contributed by atoms with Crippen molar-refractivity contribution >= 4 is 21.5 Å². The van der Waals surface area contributed by atoms with E-state index in [1.165, 1.54) is 77.2 Å². The van der Waals surface area contributed by atoms with E-state index in [1.807, 2.05) is 0 Å². The molecule has 0 saturated carbocycles. The Morgan fingerprint density at radius 2 is 0.639 bits per heavy atom. The minimum absolute atomic E-state index is 0. The van der Waals surface area contributed by atoms with Gasteiger partial charge in [-0.1, -0.05) is 83.1 Å². The van der Waals surface area contributed by atoms with Crippen LogP contribution in [0.2, 0.25) is 0 Å². The van der Waals surface area contributed by atoms with Gasteiger partial charge in [0.15, 0.2) is 0 Å². The van der Waals surface area contributed by atoms with Gasteiger partial charge in [0.25, 0.3) is 0 Å². The van der Waals surface area contributed by atoms with Gasteiger partial charge in [-0.3, -0.25) is 0 Å². The van der Waals surface area contributed by atoms with E-state index in [9.17, 15) is 0 Å². The van der Waals surface area contributed by atoms with Crippen molar-refractivity contribution in [2.75, 3.05) is 0 Å². The summed E-state index contributed by atoms with van der Waals surface area (Å²) in [5, 5.41) is 5.25. The Hall–Kier alpha value is -2.13. The maximum absolute atomic E-state index is 2.24. The van der Waals surface area contributed by atoms with Crippen molar-refractivity contribution in [3.8, 4) is 0 Å². The zero-order chi connectivity index (χ0) is 25.2. The molecule has 202 valence electrons. The Bertz CT molecular complexity index is 1120. The summed E-state index contributed by atoms with van der Waals surface area (Å²) in [6.45, 7) is 22.0. The summed E-state index contributed by atoms with van der Waals surface area (Å²) >= 11 is 0. The van der Waals surface area contributed by atoms with E-state index in [1.54, 1.807) is 0 Å². The summed E-state index contributed by atoms with van der Waals surface area (Å²) in [5.41, 5.74) is 14.7. The first kappa shape index (κ1) is 31.9. The fraction of sp³-hybridized carbons (Fsp3) is 0.294. The summed E-state index contributed by atoms with van der Waals surface area (Å²) < 4.78 is 0. The van der Waals surface area contributed by atoms with Crippen molar-refractivity contribution in [3.63, 3.8) is 0 Å². The van der Waals surface area contributed by atoms with Crippen LogP contribution in [0.1, 0.15) is 55.6 Å². The summed E-state index contributed by atoms with van der Waals surface area (Å²) in [5.74, 6) is 0. The van der Waals surface area contributed by atoms with Gasteiger partial charge in [-0.05, 0) is 33.7 Å². The van der Waals surface area contributed by atoms with E-state index < -0.39 is 0 Å². The van der Waals surface area contributed by atoms with Gasteiger partial charge in [0.1, 0.15) is 0 Å². The van der Waals surface area contributed by atoms with Crippen LogP contribution in [-0.4, -0.2) is 0 Å². The zero-order valence-electron chi connectivity index (χ0n) is 23.4. The average molecular weight is 566 g/mol. The van der Waals surface area contributed by atoms with Crippen LogP contribution in [0.4, 0.5) is 0 Å². The van der Waals surface area contributed by atoms with Crippen molar-refractivity contribution in [1.82, 2.24) is 0 Å². The van der Waals surface area contributed by atoms with E-state index in [0.29, 0.717) is 0 Å². The fourth-order valence-corrected chi connectivity index (χ4v) is 4.70. The van der Waals surface area contributed by atoms with Gasteiger partial charge in [-0.15, -0.1) is 0 Å². The quantitative estimate of drug-likeness (QED) is 0.0995. The van der Waals surface area contributed by atoms with Crippen LogP contribution in [0, 0.1) is 69.2 Å². The first-order chi connectivity index (χ1) is 16.0. The Balaban J connectivity index is 0.000000269. The number of fused-ring (bicyclic) bond motifs is 2. The number of hydrogen-bond acceptors (Lipinski definition) is 0. The molecular weight excluding hydrogens is 526 g/mol. The molecule has 36 heavy (non-hydrogen) atoms. The first-order valence-corrected chi connectivity index (χ1v) is 12.3. The molecule has 5 aromatic rings. The van der Waals surface area contributed by atoms with E-state index in [0.717, 1.165) is 0 Å². The molecule has 5 rings (SSSR count). The Morgan fingerprint density at radius 1 is 0.417 bits per heavy atom. The van der Waals surface area contributed by atoms with E-state index in [-0.39, 0.29) is 33.0 Å². The second kappa shape index (κ2) is 13.4. The van der Waals surface area contributed by atoms with E-state index >= 15 is 0 Å². The summed E-state index contributed by atoms with van der Waals surface area (Å²) in [4.78, 5) is 0. The molecule has 0 saturated heterocycles. The third kappa shape index (κ3) is 6.59. The molecule has 0 amide bonds. The van der Waals surface area contributed by atoms with Gasteiger partial charge in [0, 0.05) is 33.0 Å². The van der Waals surface area contributed by atoms with Gasteiger partial charge in [-0.2, -0.15) is 27.8 Å². The molecule has 2 heteroatoms. The van der Waals surface area contributed by atoms with Crippen molar-refractivity contribution in [2.24, 2.45) is 0 Å². The van der Waals surface area contributed by atoms with Crippen LogP contribution >= 0.6 is 0 Å². The summed E-state index contributed by atoms with van der Waals surface area (Å²) in [6, 6.07) is 21.4. The first-order valence-electron chi connectivity index (χ1n) is 12.3. The second-order valence-corrected chi connectivity index (χ2v) is 9.80. The van der Waals surface area contributed by atoms with Crippen molar-refractivity contribution in [2.45, 2.75) is 69.2 Å². The molecule has 0 aliphatic carbocycles. The Labute approximate surface area is 239 Å². The largest absolute Gasteiger partial charge is 0.731 e. The molecule has 0 heterocycles. The van der Waals surface area contributed by atoms with Crippen LogP contribution in [-0.2, 0) is 33.0 Å². The number of benzene rings is 3. The minimum atomic E-state index is 0. The summed E-state index contributed by atoms with van der Waals surface area (Å²) in [6.07, 6.45) is 0. The fourth-order valence-electron chi connectivity index (χ4n) is 4.70. The van der Waals surface area contributed by atoms with Crippen molar-refractivity contribution < 1.29 is 33.0 Å². The number of rotatable bonds is 0. The van der Waals surface area contributed by atoms with Gasteiger partial charge in [0.2, 0.25) is 0 Å². The van der Waals surface area contributed by atoms with Crippen LogP contribution < -0.4 is 0 Å². The molecule has 0 N–H and O–H groups in total. The molecule has 5 aromatic carbocycles. The van der Waals surface area contributed by atoms with Gasteiger partial charge in [0.05, 0.1) is 0 Å².